The van der Waals surface area contributed by atoms with Crippen LogP contribution in [-0.2, 0) is 4.79 Å². The molecule has 0 unspecified atom stereocenters. The number of Topliss-reactive ketones (excluding diaryl/α,β-unsaturated/α-hetero) is 1. The quantitative estimate of drug-likeness (QED) is 0.228. The Bertz CT molecular complexity index is 989. The van der Waals surface area contributed by atoms with Crippen molar-refractivity contribution in [2.24, 2.45) is 15.4 Å². The first kappa shape index (κ1) is 29.3. The molecule has 1 aliphatic carbocycles. The van der Waals surface area contributed by atoms with Gasteiger partial charge in [-0.1, -0.05) is 37.3 Å². The minimum atomic E-state index is -4.21. The minimum Gasteiger partial charge on any atom is -0.360 e. The molecule has 2 rings (SSSR count). The fourth-order valence-corrected chi connectivity index (χ4v) is 4.56. The van der Waals surface area contributed by atoms with Crippen LogP contribution in [0, 0.1) is 5.41 Å². The third-order valence-electron chi connectivity index (χ3n) is 6.67. The van der Waals surface area contributed by atoms with Crippen LogP contribution in [0.3, 0.4) is 0 Å². The van der Waals surface area contributed by atoms with Crippen molar-refractivity contribution >= 4 is 17.5 Å². The zero-order valence-electron chi connectivity index (χ0n) is 22.1. The number of aliphatic imine (C=N–C) groups is 2. The predicted octanol–water partition coefficient (Wildman–Crippen LogP) is 6.68. The van der Waals surface area contributed by atoms with E-state index in [0.29, 0.717) is 12.3 Å². The Hall–Kier alpha value is -2.90. The second-order valence-electron chi connectivity index (χ2n) is 9.33. The summed E-state index contributed by atoms with van der Waals surface area (Å²) in [5.41, 5.74) is 2.81. The van der Waals surface area contributed by atoms with Crippen LogP contribution in [0.25, 0.3) is 0 Å². The molecular formula is C28H39F3N4O. The maximum atomic E-state index is 12.4. The summed E-state index contributed by atoms with van der Waals surface area (Å²) < 4.78 is 37.0. The van der Waals surface area contributed by atoms with Crippen LogP contribution in [0.5, 0.6) is 0 Å². The molecule has 36 heavy (non-hydrogen) atoms. The fraction of sp³-hybridized carbons (Fsp3) is 0.536. The first-order valence-electron chi connectivity index (χ1n) is 12.5. The molecule has 0 atom stereocenters. The molecular weight excluding hydrogens is 465 g/mol. The Labute approximate surface area is 213 Å². The van der Waals surface area contributed by atoms with E-state index in [-0.39, 0.29) is 17.7 Å². The Kier molecular flexibility index (Phi) is 10.9. The van der Waals surface area contributed by atoms with E-state index in [2.05, 4.69) is 26.3 Å². The maximum Gasteiger partial charge on any atom is 0.392 e. The summed E-state index contributed by atoms with van der Waals surface area (Å²) in [5.74, 6) is 1.70. The van der Waals surface area contributed by atoms with Gasteiger partial charge in [0.15, 0.2) is 5.78 Å². The third kappa shape index (κ3) is 8.35. The molecule has 0 radical (unpaired) electrons. The number of nitrogens with one attached hydrogen (secondary N) is 1. The topological polar surface area (TPSA) is 57.1 Å². The molecule has 0 aromatic carbocycles. The lowest BCUT2D eigenvalue weighted by Gasteiger charge is -2.41. The van der Waals surface area contributed by atoms with E-state index < -0.39 is 12.6 Å². The Morgan fingerprint density at radius 1 is 1.17 bits per heavy atom. The van der Waals surface area contributed by atoms with Crippen molar-refractivity contribution in [3.05, 3.63) is 59.5 Å². The van der Waals surface area contributed by atoms with Gasteiger partial charge in [0.2, 0.25) is 0 Å². The number of alkyl halides is 3. The molecule has 1 fully saturated rings. The summed E-state index contributed by atoms with van der Waals surface area (Å²) in [7, 11) is 0. The van der Waals surface area contributed by atoms with Gasteiger partial charge >= 0.3 is 6.18 Å². The second-order valence-corrected chi connectivity index (χ2v) is 9.33. The van der Waals surface area contributed by atoms with Crippen molar-refractivity contribution in [2.75, 3.05) is 19.6 Å². The lowest BCUT2D eigenvalue weighted by atomic mass is 9.72. The van der Waals surface area contributed by atoms with Crippen molar-refractivity contribution in [3.63, 3.8) is 0 Å². The van der Waals surface area contributed by atoms with E-state index >= 15 is 0 Å². The van der Waals surface area contributed by atoms with Crippen LogP contribution in [0.15, 0.2) is 69.5 Å². The zero-order valence-corrected chi connectivity index (χ0v) is 22.1. The van der Waals surface area contributed by atoms with Gasteiger partial charge in [0, 0.05) is 36.7 Å². The van der Waals surface area contributed by atoms with Crippen molar-refractivity contribution in [3.8, 4) is 0 Å². The Morgan fingerprint density at radius 2 is 1.86 bits per heavy atom. The summed E-state index contributed by atoms with van der Waals surface area (Å²) in [6.45, 7) is 11.6. The summed E-state index contributed by atoms with van der Waals surface area (Å²) in [4.78, 5) is 23.7. The number of hydrogen-bond donors (Lipinski definition) is 1. The lowest BCUT2D eigenvalue weighted by Crippen LogP contribution is -2.42. The van der Waals surface area contributed by atoms with Crippen LogP contribution >= 0.6 is 0 Å². The van der Waals surface area contributed by atoms with E-state index in [9.17, 15) is 18.0 Å². The smallest absolute Gasteiger partial charge is 0.360 e. The predicted molar refractivity (Wildman–Crippen MR) is 142 cm³/mol. The van der Waals surface area contributed by atoms with E-state index in [4.69, 9.17) is 0 Å². The normalized spacial score (nSPS) is 20.3. The van der Waals surface area contributed by atoms with Crippen molar-refractivity contribution in [1.82, 2.24) is 10.2 Å². The third-order valence-corrected chi connectivity index (χ3v) is 6.67. The maximum absolute atomic E-state index is 12.4. The van der Waals surface area contributed by atoms with E-state index in [1.54, 1.807) is 12.4 Å². The van der Waals surface area contributed by atoms with Crippen molar-refractivity contribution in [1.29, 1.82) is 0 Å². The number of rotatable bonds is 8. The van der Waals surface area contributed by atoms with Crippen LogP contribution in [0.1, 0.15) is 66.7 Å². The van der Waals surface area contributed by atoms with Gasteiger partial charge in [0.1, 0.15) is 11.7 Å². The lowest BCUT2D eigenvalue weighted by molar-refractivity contribution is -0.125. The van der Waals surface area contributed by atoms with E-state index in [1.165, 1.54) is 11.6 Å². The van der Waals surface area contributed by atoms with Gasteiger partial charge in [-0.3, -0.25) is 9.79 Å². The standard InChI is InChI=1S/C28H39F3N4O/c1-6-8-15-32-26(33-16-10-9-12-28(29,30)31)21(3)20-34-23(5)35-17-13-27(14-18-35)19-25(36)22(4)24(27)11-7-2/h7-11,15,20H,6,12-14,16-19H2,1-5H3,(H,32,33)/b10-9+,11-7-,15-8+,21-20+,34-23?. The van der Waals surface area contributed by atoms with Gasteiger partial charge in [-0.15, -0.1) is 0 Å². The molecule has 1 spiro atoms. The van der Waals surface area contributed by atoms with Gasteiger partial charge in [-0.25, -0.2) is 4.99 Å². The van der Waals surface area contributed by atoms with Crippen LogP contribution in [0.4, 0.5) is 13.2 Å². The first-order valence-corrected chi connectivity index (χ1v) is 12.5. The molecule has 1 N–H and O–H groups in total. The Morgan fingerprint density at radius 3 is 2.47 bits per heavy atom. The van der Waals surface area contributed by atoms with Gasteiger partial charge in [-0.05, 0) is 64.3 Å². The number of amidine groups is 2. The molecule has 8 heteroatoms. The summed E-state index contributed by atoms with van der Waals surface area (Å²) >= 11 is 0. The second kappa shape index (κ2) is 13.4. The van der Waals surface area contributed by atoms with Gasteiger partial charge in [-0.2, -0.15) is 13.2 Å². The highest BCUT2D eigenvalue weighted by Crippen LogP contribution is 2.49. The van der Waals surface area contributed by atoms with Crippen molar-refractivity contribution in [2.45, 2.75) is 72.9 Å². The number of halogens is 3. The molecule has 0 saturated carbocycles. The van der Waals surface area contributed by atoms with E-state index in [1.807, 2.05) is 46.8 Å². The van der Waals surface area contributed by atoms with E-state index in [0.717, 1.165) is 55.4 Å². The number of piperidine rings is 1. The van der Waals surface area contributed by atoms with Gasteiger partial charge in [0.25, 0.3) is 0 Å². The summed E-state index contributed by atoms with van der Waals surface area (Å²) in [6, 6.07) is 0. The molecule has 0 bridgehead atoms. The highest BCUT2D eigenvalue weighted by Gasteiger charge is 2.44. The number of carbonyl (C=O) groups is 1. The highest BCUT2D eigenvalue weighted by atomic mass is 19.4. The van der Waals surface area contributed by atoms with Crippen molar-refractivity contribution < 1.29 is 18.0 Å². The largest absolute Gasteiger partial charge is 0.392 e. The molecule has 1 heterocycles. The molecule has 198 valence electrons. The number of ketones is 1. The van der Waals surface area contributed by atoms with Crippen LogP contribution < -0.4 is 5.32 Å². The van der Waals surface area contributed by atoms with Crippen LogP contribution in [0.2, 0.25) is 0 Å². The number of hydrogen-bond acceptors (Lipinski definition) is 3. The average molecular weight is 505 g/mol. The molecule has 0 amide bonds. The molecule has 1 saturated heterocycles. The molecule has 2 aliphatic rings. The number of carbonyl (C=O) groups excluding carboxylic acids is 1. The highest BCUT2D eigenvalue weighted by molar-refractivity contribution is 6.00. The molecule has 0 aromatic rings. The monoisotopic (exact) mass is 504 g/mol. The van der Waals surface area contributed by atoms with Gasteiger partial charge in [0.05, 0.1) is 13.0 Å². The molecule has 5 nitrogen and oxygen atoms in total. The minimum absolute atomic E-state index is 0.0643. The molecule has 1 aliphatic heterocycles. The number of likely N-dealkylation sites (tertiary alicyclic amines) is 1. The van der Waals surface area contributed by atoms with Crippen LogP contribution in [-0.4, -0.2) is 48.2 Å². The SMILES string of the molecule is C/C=C\C1=C(C)C(=O)CC12CCN(C(C)=N/C=C(\C)C(=NC/C=C/CC(F)(F)F)N/C=C/CC)CC2. The number of nitrogens with zero attached hydrogens (tertiary/aromatic N) is 3. The van der Waals surface area contributed by atoms with Gasteiger partial charge < -0.3 is 10.2 Å². The average Bonchev–Trinajstić information content (AvgIpc) is 3.05. The Balaban J connectivity index is 2.08. The summed E-state index contributed by atoms with van der Waals surface area (Å²) in [6.07, 6.45) is 10.1. The zero-order chi connectivity index (χ0) is 26.8. The number of allylic oxidation sites excluding steroid dienone is 6. The molecule has 0 aromatic heterocycles. The summed E-state index contributed by atoms with van der Waals surface area (Å²) in [5, 5.41) is 3.11. The fourth-order valence-electron chi connectivity index (χ4n) is 4.56. The first-order chi connectivity index (χ1) is 17.0.